The van der Waals surface area contributed by atoms with Crippen LogP contribution in [0.3, 0.4) is 0 Å². The normalized spacial score (nSPS) is 20.2. The van der Waals surface area contributed by atoms with Crippen molar-refractivity contribution >= 4 is 17.9 Å². The smallest absolute Gasteiger partial charge is 0.410 e. The van der Waals surface area contributed by atoms with E-state index in [-0.39, 0.29) is 23.4 Å². The largest absolute Gasteiger partial charge is 0.444 e. The minimum atomic E-state index is -0.613. The van der Waals surface area contributed by atoms with Gasteiger partial charge in [0, 0.05) is 25.7 Å². The van der Waals surface area contributed by atoms with Gasteiger partial charge >= 0.3 is 6.09 Å². The van der Waals surface area contributed by atoms with Crippen LogP contribution in [0, 0.1) is 5.82 Å². The van der Waals surface area contributed by atoms with E-state index in [1.165, 1.54) is 17.0 Å². The van der Waals surface area contributed by atoms with Crippen molar-refractivity contribution in [3.8, 4) is 0 Å². The molecule has 2 heterocycles. The Hall–Kier alpha value is -2.64. The van der Waals surface area contributed by atoms with Gasteiger partial charge in [-0.3, -0.25) is 14.5 Å². The van der Waals surface area contributed by atoms with E-state index in [0.717, 1.165) is 6.42 Å². The molecule has 1 atom stereocenters. The van der Waals surface area contributed by atoms with E-state index < -0.39 is 23.6 Å². The summed E-state index contributed by atoms with van der Waals surface area (Å²) in [6, 6.07) is 5.34. The third-order valence-electron chi connectivity index (χ3n) is 5.42. The fourth-order valence-corrected chi connectivity index (χ4v) is 3.91. The molecule has 3 amide bonds. The average molecular weight is 419 g/mol. The summed E-state index contributed by atoms with van der Waals surface area (Å²) in [7, 11) is 0. The molecule has 0 radical (unpaired) electrons. The van der Waals surface area contributed by atoms with Crippen molar-refractivity contribution in [1.82, 2.24) is 15.1 Å². The van der Waals surface area contributed by atoms with Crippen molar-refractivity contribution < 1.29 is 23.5 Å². The fourth-order valence-electron chi connectivity index (χ4n) is 3.91. The third-order valence-corrected chi connectivity index (χ3v) is 5.42. The first-order valence-corrected chi connectivity index (χ1v) is 10.5. The van der Waals surface area contributed by atoms with Crippen LogP contribution in [0.25, 0.3) is 0 Å². The zero-order valence-electron chi connectivity index (χ0n) is 17.8. The Bertz CT molecular complexity index is 800. The highest BCUT2D eigenvalue weighted by molar-refractivity contribution is 5.94. The van der Waals surface area contributed by atoms with Crippen LogP contribution in [0.1, 0.15) is 56.8 Å². The van der Waals surface area contributed by atoms with E-state index in [4.69, 9.17) is 4.74 Å². The Morgan fingerprint density at radius 3 is 2.37 bits per heavy atom. The molecule has 7 nitrogen and oxygen atoms in total. The van der Waals surface area contributed by atoms with Crippen LogP contribution in [0.5, 0.6) is 0 Å². The van der Waals surface area contributed by atoms with Gasteiger partial charge in [0.2, 0.25) is 5.91 Å². The number of carbonyl (C=O) groups is 3. The molecular weight excluding hydrogens is 389 g/mol. The van der Waals surface area contributed by atoms with Crippen LogP contribution in [-0.2, 0) is 9.53 Å². The summed E-state index contributed by atoms with van der Waals surface area (Å²) < 4.78 is 19.3. The molecular formula is C22H30FN3O4. The van der Waals surface area contributed by atoms with Crippen molar-refractivity contribution in [2.24, 2.45) is 0 Å². The Labute approximate surface area is 176 Å². The van der Waals surface area contributed by atoms with Crippen molar-refractivity contribution in [2.45, 2.75) is 64.1 Å². The van der Waals surface area contributed by atoms with Gasteiger partial charge in [-0.2, -0.15) is 0 Å². The number of piperidine rings is 1. The summed E-state index contributed by atoms with van der Waals surface area (Å²) >= 11 is 0. The Kier molecular flexibility index (Phi) is 6.63. The van der Waals surface area contributed by atoms with E-state index in [1.807, 2.05) is 0 Å². The quantitative estimate of drug-likeness (QED) is 0.817. The van der Waals surface area contributed by atoms with Gasteiger partial charge in [0.25, 0.3) is 5.91 Å². The molecule has 2 saturated heterocycles. The molecule has 0 bridgehead atoms. The van der Waals surface area contributed by atoms with E-state index >= 15 is 0 Å². The molecule has 1 N–H and O–H groups in total. The van der Waals surface area contributed by atoms with E-state index in [2.05, 4.69) is 5.32 Å². The minimum Gasteiger partial charge on any atom is -0.444 e. The van der Waals surface area contributed by atoms with Crippen LogP contribution in [-0.4, -0.2) is 65.0 Å². The summed E-state index contributed by atoms with van der Waals surface area (Å²) in [5, 5.41) is 3.02. The number of halogens is 1. The average Bonchev–Trinajstić information content (AvgIpc) is 3.17. The molecule has 30 heavy (non-hydrogen) atoms. The Morgan fingerprint density at radius 2 is 1.73 bits per heavy atom. The maximum atomic E-state index is 13.9. The van der Waals surface area contributed by atoms with Gasteiger partial charge in [0.15, 0.2) is 0 Å². The molecule has 2 aliphatic heterocycles. The molecule has 0 unspecified atom stereocenters. The van der Waals surface area contributed by atoms with E-state index in [9.17, 15) is 18.8 Å². The standard InChI is InChI=1S/C22H30FN3O4/c1-22(2,3)30-21(29)26-12-6-9-18(26)19(27)24-15-10-13-25(14-11-15)20(28)16-7-4-5-8-17(16)23/h4-5,7-8,15,18H,6,9-14H2,1-3H3,(H,24,27)/t18-/m0/s1. The van der Waals surface area contributed by atoms with Gasteiger partial charge in [0.1, 0.15) is 17.5 Å². The molecule has 2 fully saturated rings. The van der Waals surface area contributed by atoms with Gasteiger partial charge in [-0.1, -0.05) is 12.1 Å². The third kappa shape index (κ3) is 5.29. The number of hydrogen-bond acceptors (Lipinski definition) is 4. The highest BCUT2D eigenvalue weighted by atomic mass is 19.1. The Morgan fingerprint density at radius 1 is 1.07 bits per heavy atom. The molecule has 1 aromatic rings. The summed E-state index contributed by atoms with van der Waals surface area (Å²) in [6.45, 7) is 6.78. The minimum absolute atomic E-state index is 0.0685. The first kappa shape index (κ1) is 22.1. The summed E-state index contributed by atoms with van der Waals surface area (Å²) in [4.78, 5) is 40.8. The number of benzene rings is 1. The molecule has 0 aliphatic carbocycles. The van der Waals surface area contributed by atoms with Gasteiger partial charge < -0.3 is 15.0 Å². The lowest BCUT2D eigenvalue weighted by molar-refractivity contribution is -0.126. The predicted molar refractivity (Wildman–Crippen MR) is 109 cm³/mol. The van der Waals surface area contributed by atoms with Gasteiger partial charge in [-0.15, -0.1) is 0 Å². The number of nitrogens with one attached hydrogen (secondary N) is 1. The van der Waals surface area contributed by atoms with Crippen molar-refractivity contribution in [3.63, 3.8) is 0 Å². The molecule has 0 aromatic heterocycles. The first-order valence-electron chi connectivity index (χ1n) is 10.5. The van der Waals surface area contributed by atoms with Crippen molar-refractivity contribution in [2.75, 3.05) is 19.6 Å². The second kappa shape index (κ2) is 9.02. The topological polar surface area (TPSA) is 79.0 Å². The summed E-state index contributed by atoms with van der Waals surface area (Å²) in [5.41, 5.74) is -0.544. The number of ether oxygens (including phenoxy) is 1. The number of hydrogen-bond donors (Lipinski definition) is 1. The number of likely N-dealkylation sites (tertiary alicyclic amines) is 2. The maximum Gasteiger partial charge on any atom is 0.410 e. The molecule has 2 aliphatic rings. The van der Waals surface area contributed by atoms with Gasteiger partial charge in [0.05, 0.1) is 5.56 Å². The second-order valence-electron chi connectivity index (χ2n) is 8.89. The zero-order valence-corrected chi connectivity index (χ0v) is 17.8. The number of nitrogens with zero attached hydrogens (tertiary/aromatic N) is 2. The van der Waals surface area contributed by atoms with Crippen molar-refractivity contribution in [3.05, 3.63) is 35.6 Å². The van der Waals surface area contributed by atoms with Gasteiger partial charge in [-0.05, 0) is 58.6 Å². The molecule has 164 valence electrons. The van der Waals surface area contributed by atoms with Crippen molar-refractivity contribution in [1.29, 1.82) is 0 Å². The molecule has 3 rings (SSSR count). The highest BCUT2D eigenvalue weighted by Crippen LogP contribution is 2.22. The van der Waals surface area contributed by atoms with E-state index in [1.54, 1.807) is 37.8 Å². The number of amides is 3. The SMILES string of the molecule is CC(C)(C)OC(=O)N1CCC[C@H]1C(=O)NC1CCN(C(=O)c2ccccc2F)CC1. The van der Waals surface area contributed by atoms with E-state index in [0.29, 0.717) is 38.9 Å². The molecule has 0 saturated carbocycles. The lowest BCUT2D eigenvalue weighted by Gasteiger charge is -2.34. The first-order chi connectivity index (χ1) is 14.2. The zero-order chi connectivity index (χ0) is 21.9. The summed E-state index contributed by atoms with van der Waals surface area (Å²) in [6.07, 6.45) is 2.07. The predicted octanol–water partition coefficient (Wildman–Crippen LogP) is 2.95. The lowest BCUT2D eigenvalue weighted by Crippen LogP contribution is -2.52. The van der Waals surface area contributed by atoms with Crippen LogP contribution >= 0.6 is 0 Å². The molecule has 8 heteroatoms. The Balaban J connectivity index is 1.52. The van der Waals surface area contributed by atoms with Crippen LogP contribution in [0.15, 0.2) is 24.3 Å². The van der Waals surface area contributed by atoms with Crippen LogP contribution in [0.2, 0.25) is 0 Å². The highest BCUT2D eigenvalue weighted by Gasteiger charge is 2.37. The van der Waals surface area contributed by atoms with Crippen LogP contribution in [0.4, 0.5) is 9.18 Å². The number of carbonyl (C=O) groups excluding carboxylic acids is 3. The lowest BCUT2D eigenvalue weighted by atomic mass is 10.0. The molecule has 1 aromatic carbocycles. The van der Waals surface area contributed by atoms with Gasteiger partial charge in [-0.25, -0.2) is 9.18 Å². The summed E-state index contributed by atoms with van der Waals surface area (Å²) in [5.74, 6) is -1.04. The van der Waals surface area contributed by atoms with Crippen LogP contribution < -0.4 is 5.32 Å². The maximum absolute atomic E-state index is 13.9. The molecule has 0 spiro atoms. The number of rotatable bonds is 3. The fraction of sp³-hybridized carbons (Fsp3) is 0.591. The second-order valence-corrected chi connectivity index (χ2v) is 8.89. The monoisotopic (exact) mass is 419 g/mol.